The van der Waals surface area contributed by atoms with E-state index in [2.05, 4.69) is 36.1 Å². The number of benzene rings is 2. The molecule has 0 unspecified atom stereocenters. The van der Waals surface area contributed by atoms with Crippen LogP contribution < -0.4 is 9.47 Å². The fraction of sp³-hybridized carbons (Fsp3) is 0.263. The standard InChI is InChI=1S/C19H20N2O3/c1-13(2)14-4-10-17(11-5-14)23-12-18-20-19(21-24-18)15-6-8-16(22-3)9-7-15/h4-11,13H,12H2,1-3H3. The molecular formula is C19H20N2O3. The number of methoxy groups -OCH3 is 1. The number of ether oxygens (including phenoxy) is 2. The molecule has 0 aliphatic carbocycles. The fourth-order valence-corrected chi connectivity index (χ4v) is 2.26. The molecule has 0 saturated heterocycles. The summed E-state index contributed by atoms with van der Waals surface area (Å²) in [6.45, 7) is 4.56. The molecule has 0 spiro atoms. The van der Waals surface area contributed by atoms with E-state index >= 15 is 0 Å². The highest BCUT2D eigenvalue weighted by Gasteiger charge is 2.09. The predicted octanol–water partition coefficient (Wildman–Crippen LogP) is 4.45. The molecule has 0 saturated carbocycles. The highest BCUT2D eigenvalue weighted by Crippen LogP contribution is 2.21. The Kier molecular flexibility index (Phi) is 4.79. The van der Waals surface area contributed by atoms with Crippen molar-refractivity contribution in [1.29, 1.82) is 0 Å². The van der Waals surface area contributed by atoms with Gasteiger partial charge in [0.05, 0.1) is 7.11 Å². The van der Waals surface area contributed by atoms with Gasteiger partial charge in [0.15, 0.2) is 6.61 Å². The third-order valence-corrected chi connectivity index (χ3v) is 3.73. The first kappa shape index (κ1) is 16.1. The lowest BCUT2D eigenvalue weighted by molar-refractivity contribution is 0.243. The Morgan fingerprint density at radius 1 is 0.958 bits per heavy atom. The lowest BCUT2D eigenvalue weighted by atomic mass is 10.0. The smallest absolute Gasteiger partial charge is 0.264 e. The Labute approximate surface area is 141 Å². The van der Waals surface area contributed by atoms with Crippen molar-refractivity contribution in [2.75, 3.05) is 7.11 Å². The number of rotatable bonds is 6. The van der Waals surface area contributed by atoms with E-state index in [-0.39, 0.29) is 6.61 Å². The zero-order valence-corrected chi connectivity index (χ0v) is 14.0. The van der Waals surface area contributed by atoms with E-state index in [1.165, 1.54) is 5.56 Å². The predicted molar refractivity (Wildman–Crippen MR) is 91.1 cm³/mol. The van der Waals surface area contributed by atoms with Crippen LogP contribution in [0.25, 0.3) is 11.4 Å². The van der Waals surface area contributed by atoms with E-state index in [0.29, 0.717) is 17.6 Å². The quantitative estimate of drug-likeness (QED) is 0.670. The van der Waals surface area contributed by atoms with Crippen LogP contribution in [0, 0.1) is 0 Å². The molecule has 0 radical (unpaired) electrons. The van der Waals surface area contributed by atoms with E-state index in [1.54, 1.807) is 7.11 Å². The molecule has 0 fully saturated rings. The molecule has 0 amide bonds. The lowest BCUT2D eigenvalue weighted by Crippen LogP contribution is -1.96. The lowest BCUT2D eigenvalue weighted by Gasteiger charge is -2.07. The Bertz CT molecular complexity index is 777. The summed E-state index contributed by atoms with van der Waals surface area (Å²) < 4.78 is 16.1. The van der Waals surface area contributed by atoms with Crippen molar-refractivity contribution in [2.24, 2.45) is 0 Å². The summed E-state index contributed by atoms with van der Waals surface area (Å²) in [6.07, 6.45) is 0. The number of hydrogen-bond acceptors (Lipinski definition) is 5. The second-order valence-electron chi connectivity index (χ2n) is 5.75. The van der Waals surface area contributed by atoms with Crippen molar-refractivity contribution < 1.29 is 14.0 Å². The average molecular weight is 324 g/mol. The second kappa shape index (κ2) is 7.17. The van der Waals surface area contributed by atoms with Gasteiger partial charge in [-0.15, -0.1) is 0 Å². The summed E-state index contributed by atoms with van der Waals surface area (Å²) in [4.78, 5) is 4.35. The minimum atomic E-state index is 0.240. The third-order valence-electron chi connectivity index (χ3n) is 3.73. The maximum Gasteiger partial charge on any atom is 0.264 e. The van der Waals surface area contributed by atoms with Crippen LogP contribution in [0.1, 0.15) is 31.2 Å². The molecule has 24 heavy (non-hydrogen) atoms. The van der Waals surface area contributed by atoms with Crippen molar-refractivity contribution in [3.8, 4) is 22.9 Å². The molecule has 1 aromatic heterocycles. The van der Waals surface area contributed by atoms with Gasteiger partial charge in [0, 0.05) is 5.56 Å². The number of hydrogen-bond donors (Lipinski definition) is 0. The average Bonchev–Trinajstić information content (AvgIpc) is 3.09. The maximum atomic E-state index is 5.70. The van der Waals surface area contributed by atoms with Crippen molar-refractivity contribution in [3.05, 3.63) is 60.0 Å². The van der Waals surface area contributed by atoms with E-state index in [1.807, 2.05) is 36.4 Å². The monoisotopic (exact) mass is 324 g/mol. The van der Waals surface area contributed by atoms with Crippen LogP contribution in [0.3, 0.4) is 0 Å². The molecule has 5 heteroatoms. The first-order valence-electron chi connectivity index (χ1n) is 7.85. The summed E-state index contributed by atoms with van der Waals surface area (Å²) in [5.74, 6) is 3.04. The van der Waals surface area contributed by atoms with Crippen molar-refractivity contribution in [2.45, 2.75) is 26.4 Å². The van der Waals surface area contributed by atoms with Crippen LogP contribution in [-0.4, -0.2) is 17.3 Å². The summed E-state index contributed by atoms with van der Waals surface area (Å²) in [7, 11) is 1.63. The van der Waals surface area contributed by atoms with E-state index in [9.17, 15) is 0 Å². The van der Waals surface area contributed by atoms with Gasteiger partial charge in [-0.2, -0.15) is 4.98 Å². The first-order chi connectivity index (χ1) is 11.7. The highest BCUT2D eigenvalue weighted by molar-refractivity contribution is 5.55. The van der Waals surface area contributed by atoms with Crippen LogP contribution in [0.2, 0.25) is 0 Å². The second-order valence-corrected chi connectivity index (χ2v) is 5.75. The molecule has 0 atom stereocenters. The van der Waals surface area contributed by atoms with Gasteiger partial charge >= 0.3 is 0 Å². The van der Waals surface area contributed by atoms with Crippen molar-refractivity contribution in [3.63, 3.8) is 0 Å². The van der Waals surface area contributed by atoms with Gasteiger partial charge in [0.2, 0.25) is 5.82 Å². The molecule has 0 aliphatic rings. The molecule has 1 heterocycles. The van der Waals surface area contributed by atoms with Crippen LogP contribution in [0.15, 0.2) is 53.1 Å². The molecule has 5 nitrogen and oxygen atoms in total. The number of aromatic nitrogens is 2. The summed E-state index contributed by atoms with van der Waals surface area (Å²) in [6, 6.07) is 15.5. The highest BCUT2D eigenvalue weighted by atomic mass is 16.5. The fourth-order valence-electron chi connectivity index (χ4n) is 2.26. The van der Waals surface area contributed by atoms with Gasteiger partial charge in [0.1, 0.15) is 11.5 Å². The molecular weight excluding hydrogens is 304 g/mol. The van der Waals surface area contributed by atoms with Crippen molar-refractivity contribution >= 4 is 0 Å². The number of nitrogens with zero attached hydrogens (tertiary/aromatic N) is 2. The minimum absolute atomic E-state index is 0.240. The van der Waals surface area contributed by atoms with Crippen LogP contribution in [0.5, 0.6) is 11.5 Å². The molecule has 3 rings (SSSR count). The Morgan fingerprint density at radius 2 is 1.62 bits per heavy atom. The zero-order chi connectivity index (χ0) is 16.9. The van der Waals surface area contributed by atoms with Crippen LogP contribution in [-0.2, 0) is 6.61 Å². The summed E-state index contributed by atoms with van der Waals surface area (Å²) in [5, 5.41) is 3.98. The summed E-state index contributed by atoms with van der Waals surface area (Å²) >= 11 is 0. The van der Waals surface area contributed by atoms with E-state index in [0.717, 1.165) is 17.1 Å². The largest absolute Gasteiger partial charge is 0.497 e. The van der Waals surface area contributed by atoms with E-state index in [4.69, 9.17) is 14.0 Å². The molecule has 3 aromatic rings. The Hall–Kier alpha value is -2.82. The normalized spacial score (nSPS) is 10.8. The SMILES string of the molecule is COc1ccc(-c2noc(COc3ccc(C(C)C)cc3)n2)cc1. The van der Waals surface area contributed by atoms with Gasteiger partial charge < -0.3 is 14.0 Å². The van der Waals surface area contributed by atoms with E-state index < -0.39 is 0 Å². The van der Waals surface area contributed by atoms with Crippen LogP contribution in [0.4, 0.5) is 0 Å². The van der Waals surface area contributed by atoms with Crippen LogP contribution >= 0.6 is 0 Å². The topological polar surface area (TPSA) is 57.4 Å². The molecule has 0 N–H and O–H groups in total. The first-order valence-corrected chi connectivity index (χ1v) is 7.85. The zero-order valence-electron chi connectivity index (χ0n) is 14.0. The van der Waals surface area contributed by atoms with Gasteiger partial charge in [-0.3, -0.25) is 0 Å². The Balaban J connectivity index is 1.63. The molecule has 0 bridgehead atoms. The third kappa shape index (κ3) is 3.74. The summed E-state index contributed by atoms with van der Waals surface area (Å²) in [5.41, 5.74) is 2.15. The van der Waals surface area contributed by atoms with Crippen molar-refractivity contribution in [1.82, 2.24) is 10.1 Å². The Morgan fingerprint density at radius 3 is 2.25 bits per heavy atom. The molecule has 124 valence electrons. The van der Waals surface area contributed by atoms with Gasteiger partial charge in [-0.05, 0) is 47.9 Å². The minimum Gasteiger partial charge on any atom is -0.497 e. The maximum absolute atomic E-state index is 5.70. The van der Waals surface area contributed by atoms with Gasteiger partial charge in [-0.25, -0.2) is 0 Å². The van der Waals surface area contributed by atoms with Gasteiger partial charge in [0.25, 0.3) is 5.89 Å². The van der Waals surface area contributed by atoms with Gasteiger partial charge in [-0.1, -0.05) is 31.1 Å². The molecule has 0 aliphatic heterocycles. The molecule has 2 aromatic carbocycles.